The Kier molecular flexibility index (Phi) is 6.08. The fourth-order valence-electron chi connectivity index (χ4n) is 4.96. The molecule has 4 aromatic rings. The number of rotatable bonds is 6. The van der Waals surface area contributed by atoms with Crippen LogP contribution in [0.3, 0.4) is 0 Å². The summed E-state index contributed by atoms with van der Waals surface area (Å²) in [7, 11) is 0. The lowest BCUT2D eigenvalue weighted by Crippen LogP contribution is -2.34. The summed E-state index contributed by atoms with van der Waals surface area (Å²) in [6.07, 6.45) is 5.80. The van der Waals surface area contributed by atoms with E-state index in [4.69, 9.17) is 5.73 Å². The van der Waals surface area contributed by atoms with Gasteiger partial charge in [0.2, 0.25) is 16.2 Å². The van der Waals surface area contributed by atoms with Gasteiger partial charge in [-0.25, -0.2) is 0 Å². The molecule has 3 nitrogen and oxygen atoms in total. The van der Waals surface area contributed by atoms with Crippen molar-refractivity contribution in [3.8, 4) is 5.69 Å². The number of nitrogens with two attached hydrogens (primary N) is 1. The van der Waals surface area contributed by atoms with Crippen molar-refractivity contribution in [3.05, 3.63) is 95.0 Å². The van der Waals surface area contributed by atoms with Crippen molar-refractivity contribution in [1.29, 1.82) is 0 Å². The summed E-state index contributed by atoms with van der Waals surface area (Å²) in [6, 6.07) is 28.6. The highest BCUT2D eigenvalue weighted by molar-refractivity contribution is 8.04. The van der Waals surface area contributed by atoms with Crippen LogP contribution in [0.4, 0.5) is 5.69 Å². The first-order chi connectivity index (χ1) is 16.8. The number of thioether (sulfide) groups is 2. The van der Waals surface area contributed by atoms with Crippen molar-refractivity contribution in [2.75, 3.05) is 23.7 Å². The molecule has 5 heteroatoms. The Bertz CT molecular complexity index is 1380. The number of para-hydroxylation sites is 3. The van der Waals surface area contributed by atoms with Crippen LogP contribution >= 0.6 is 23.5 Å². The highest BCUT2D eigenvalue weighted by atomic mass is 32.2. The van der Waals surface area contributed by atoms with Crippen LogP contribution in [-0.4, -0.2) is 18.8 Å². The summed E-state index contributed by atoms with van der Waals surface area (Å²) in [4.78, 5) is 3.92. The number of anilines is 1. The quantitative estimate of drug-likeness (QED) is 0.195. The van der Waals surface area contributed by atoms with Gasteiger partial charge >= 0.3 is 0 Å². The van der Waals surface area contributed by atoms with Crippen molar-refractivity contribution in [3.63, 3.8) is 0 Å². The first-order valence-electron chi connectivity index (χ1n) is 12.0. The molecule has 1 aromatic heterocycles. The van der Waals surface area contributed by atoms with E-state index in [1.54, 1.807) is 0 Å². The number of fused-ring (bicyclic) bond motifs is 1. The van der Waals surface area contributed by atoms with Crippen LogP contribution < -0.4 is 15.2 Å². The third kappa shape index (κ3) is 3.92. The number of pyridine rings is 1. The molecule has 2 N–H and O–H groups in total. The zero-order valence-corrected chi connectivity index (χ0v) is 20.7. The lowest BCUT2D eigenvalue weighted by Gasteiger charge is -2.27. The van der Waals surface area contributed by atoms with Crippen LogP contribution in [0.15, 0.2) is 93.8 Å². The predicted octanol–water partition coefficient (Wildman–Crippen LogP) is 6.41. The largest absolute Gasteiger partial charge is 0.335 e. The van der Waals surface area contributed by atoms with Crippen molar-refractivity contribution in [2.24, 2.45) is 5.73 Å². The standard InChI is InChI=1S/C29H28N3S2/c30-16-8-18-33-28-20-22(19-27-31-17-7-10-21-9-6-15-26(34-27)29(21)31)24-13-4-5-14-25(24)32(28)23-11-2-1-3-12-23/h1-6,9,11-15,19-20H,7-8,10,16-18,30H2/q+1. The Morgan fingerprint density at radius 3 is 2.74 bits per heavy atom. The fourth-order valence-corrected chi connectivity index (χ4v) is 7.21. The molecule has 170 valence electrons. The van der Waals surface area contributed by atoms with Gasteiger partial charge in [0.15, 0.2) is 0 Å². The molecule has 6 rings (SSSR count). The van der Waals surface area contributed by atoms with E-state index in [-0.39, 0.29) is 0 Å². The molecule has 0 unspecified atom stereocenters. The lowest BCUT2D eigenvalue weighted by molar-refractivity contribution is -0.608. The van der Waals surface area contributed by atoms with E-state index in [1.807, 2.05) is 23.5 Å². The Hall–Kier alpha value is -2.73. The summed E-state index contributed by atoms with van der Waals surface area (Å²) in [5, 5.41) is 3.86. The molecular formula is C29H28N3S2+. The van der Waals surface area contributed by atoms with Gasteiger partial charge in [-0.15, -0.1) is 4.57 Å². The van der Waals surface area contributed by atoms with Crippen molar-refractivity contribution < 1.29 is 4.57 Å². The summed E-state index contributed by atoms with van der Waals surface area (Å²) in [5.74, 6) is 1.01. The van der Waals surface area contributed by atoms with Crippen LogP contribution in [0.1, 0.15) is 24.0 Å². The van der Waals surface area contributed by atoms with Crippen molar-refractivity contribution in [2.45, 2.75) is 29.2 Å². The van der Waals surface area contributed by atoms with Gasteiger partial charge in [-0.1, -0.05) is 66.0 Å². The summed E-state index contributed by atoms with van der Waals surface area (Å²) >= 11 is 3.81. The Balaban J connectivity index is 1.52. The average Bonchev–Trinajstić information content (AvgIpc) is 3.24. The molecule has 0 saturated heterocycles. The third-order valence-corrected chi connectivity index (χ3v) is 8.69. The van der Waals surface area contributed by atoms with E-state index in [9.17, 15) is 0 Å². The number of hydrogen-bond acceptors (Lipinski definition) is 4. The summed E-state index contributed by atoms with van der Waals surface area (Å²) in [6.45, 7) is 1.81. The van der Waals surface area contributed by atoms with Crippen LogP contribution in [-0.2, 0) is 6.42 Å². The molecule has 0 saturated carbocycles. The highest BCUT2D eigenvalue weighted by Crippen LogP contribution is 2.50. The fraction of sp³-hybridized carbons (Fsp3) is 0.207. The topological polar surface area (TPSA) is 33.1 Å². The smallest absolute Gasteiger partial charge is 0.247 e. The molecule has 0 radical (unpaired) electrons. The maximum absolute atomic E-state index is 5.82. The second kappa shape index (κ2) is 9.49. The Morgan fingerprint density at radius 2 is 1.85 bits per heavy atom. The zero-order valence-electron chi connectivity index (χ0n) is 19.1. The van der Waals surface area contributed by atoms with E-state index in [2.05, 4.69) is 94.4 Å². The number of aryl methyl sites for hydroxylation is 1. The first kappa shape index (κ1) is 21.8. The zero-order chi connectivity index (χ0) is 22.9. The van der Waals surface area contributed by atoms with Gasteiger partial charge in [0, 0.05) is 41.5 Å². The van der Waals surface area contributed by atoms with Gasteiger partial charge in [0.25, 0.3) is 0 Å². The predicted molar refractivity (Wildman–Crippen MR) is 146 cm³/mol. The highest BCUT2D eigenvalue weighted by Gasteiger charge is 2.30. The minimum Gasteiger partial charge on any atom is -0.335 e. The van der Waals surface area contributed by atoms with Gasteiger partial charge in [-0.3, -0.25) is 0 Å². The Labute approximate surface area is 209 Å². The minimum absolute atomic E-state index is 0.717. The molecule has 2 aliphatic rings. The number of hydrogen-bond donors (Lipinski definition) is 1. The molecule has 0 bridgehead atoms. The van der Waals surface area contributed by atoms with Gasteiger partial charge in [0.1, 0.15) is 0 Å². The molecule has 0 spiro atoms. The van der Waals surface area contributed by atoms with Crippen LogP contribution in [0.25, 0.3) is 22.7 Å². The van der Waals surface area contributed by atoms with E-state index in [0.29, 0.717) is 0 Å². The Morgan fingerprint density at radius 1 is 1.00 bits per heavy atom. The molecule has 0 aliphatic carbocycles. The van der Waals surface area contributed by atoms with E-state index >= 15 is 0 Å². The first-order valence-corrected chi connectivity index (χ1v) is 13.8. The second-order valence-electron chi connectivity index (χ2n) is 8.72. The molecule has 0 fully saturated rings. The second-order valence-corrected chi connectivity index (χ2v) is 10.9. The molecule has 34 heavy (non-hydrogen) atoms. The SMILES string of the molecule is NCCCSc1cc(C=C2Sc3cccc4c3N2CCC4)c2ccccc2[n+]1-c1ccccc1. The molecular weight excluding hydrogens is 454 g/mol. The molecule has 0 amide bonds. The van der Waals surface area contributed by atoms with Gasteiger partial charge in [-0.2, -0.15) is 0 Å². The number of benzene rings is 3. The third-order valence-electron chi connectivity index (χ3n) is 6.51. The van der Waals surface area contributed by atoms with E-state index < -0.39 is 0 Å². The maximum Gasteiger partial charge on any atom is 0.247 e. The maximum atomic E-state index is 5.82. The van der Waals surface area contributed by atoms with Crippen LogP contribution in [0.5, 0.6) is 0 Å². The minimum atomic E-state index is 0.717. The van der Waals surface area contributed by atoms with Crippen LogP contribution in [0, 0.1) is 0 Å². The van der Waals surface area contributed by atoms with Gasteiger partial charge in [-0.05, 0) is 55.1 Å². The number of nitrogens with zero attached hydrogens (tertiary/aromatic N) is 2. The molecule has 2 aliphatic heterocycles. The monoisotopic (exact) mass is 482 g/mol. The van der Waals surface area contributed by atoms with Crippen molar-refractivity contribution >= 4 is 46.2 Å². The number of aromatic nitrogens is 1. The average molecular weight is 483 g/mol. The van der Waals surface area contributed by atoms with Gasteiger partial charge < -0.3 is 10.6 Å². The van der Waals surface area contributed by atoms with Crippen LogP contribution in [0.2, 0.25) is 0 Å². The lowest BCUT2D eigenvalue weighted by atomic mass is 10.0. The van der Waals surface area contributed by atoms with Crippen molar-refractivity contribution in [1.82, 2.24) is 0 Å². The molecule has 3 heterocycles. The molecule has 0 atom stereocenters. The summed E-state index contributed by atoms with van der Waals surface area (Å²) in [5.41, 5.74) is 12.4. The summed E-state index contributed by atoms with van der Waals surface area (Å²) < 4.78 is 2.40. The normalized spacial score (nSPS) is 15.8. The van der Waals surface area contributed by atoms with E-state index in [0.717, 1.165) is 25.3 Å². The van der Waals surface area contributed by atoms with Gasteiger partial charge in [0.05, 0.1) is 16.1 Å². The van der Waals surface area contributed by atoms with E-state index in [1.165, 1.54) is 61.2 Å². The molecule has 3 aromatic carbocycles.